The number of nitrogens with one attached hydrogen (secondary N) is 1. The molecule has 0 spiro atoms. The third-order valence-electron chi connectivity index (χ3n) is 3.08. The van der Waals surface area contributed by atoms with Gasteiger partial charge in [0.15, 0.2) is 0 Å². The minimum absolute atomic E-state index is 0.858. The molecule has 0 aromatic rings. The van der Waals surface area contributed by atoms with Gasteiger partial charge in [0.25, 0.3) is 0 Å². The zero-order valence-electron chi connectivity index (χ0n) is 9.18. The monoisotopic (exact) mass is 184 g/mol. The standard InChI is InChI=1S/C11H24N2/c1-3-13(4-2)10-6-9-12-11-7-5-8-11/h11-12H,3-10H2,1-2H3. The predicted octanol–water partition coefficient (Wildman–Crippen LogP) is 1.86. The highest BCUT2D eigenvalue weighted by Crippen LogP contribution is 2.17. The van der Waals surface area contributed by atoms with Gasteiger partial charge in [0.05, 0.1) is 0 Å². The Hall–Kier alpha value is -0.0800. The molecule has 0 unspecified atom stereocenters. The van der Waals surface area contributed by atoms with E-state index in [4.69, 9.17) is 0 Å². The Morgan fingerprint density at radius 3 is 2.38 bits per heavy atom. The topological polar surface area (TPSA) is 15.3 Å². The molecule has 78 valence electrons. The number of rotatable bonds is 7. The molecule has 2 heteroatoms. The molecule has 0 bridgehead atoms. The lowest BCUT2D eigenvalue weighted by Gasteiger charge is -2.27. The van der Waals surface area contributed by atoms with Crippen LogP contribution in [0.15, 0.2) is 0 Å². The molecule has 0 aliphatic heterocycles. The summed E-state index contributed by atoms with van der Waals surface area (Å²) >= 11 is 0. The van der Waals surface area contributed by atoms with Crippen molar-refractivity contribution < 1.29 is 0 Å². The lowest BCUT2D eigenvalue weighted by molar-refractivity contribution is 0.284. The average molecular weight is 184 g/mol. The van der Waals surface area contributed by atoms with Crippen LogP contribution in [0.2, 0.25) is 0 Å². The van der Waals surface area contributed by atoms with Gasteiger partial charge < -0.3 is 10.2 Å². The number of hydrogen-bond acceptors (Lipinski definition) is 2. The van der Waals surface area contributed by atoms with Crippen LogP contribution < -0.4 is 5.32 Å². The van der Waals surface area contributed by atoms with Gasteiger partial charge in [0.2, 0.25) is 0 Å². The molecule has 0 heterocycles. The van der Waals surface area contributed by atoms with E-state index in [1.54, 1.807) is 0 Å². The highest BCUT2D eigenvalue weighted by molar-refractivity contribution is 4.75. The van der Waals surface area contributed by atoms with Gasteiger partial charge >= 0.3 is 0 Å². The molecular formula is C11H24N2. The first kappa shape index (κ1) is 11.0. The molecule has 0 aromatic heterocycles. The Balaban J connectivity index is 1.87. The molecule has 13 heavy (non-hydrogen) atoms. The molecule has 1 saturated carbocycles. The SMILES string of the molecule is CCN(CC)CCCNC1CCC1. The van der Waals surface area contributed by atoms with Gasteiger partial charge in [-0.05, 0) is 45.4 Å². The van der Waals surface area contributed by atoms with Crippen molar-refractivity contribution in [2.45, 2.75) is 45.6 Å². The zero-order valence-corrected chi connectivity index (χ0v) is 9.18. The first-order valence-electron chi connectivity index (χ1n) is 5.82. The van der Waals surface area contributed by atoms with Crippen molar-refractivity contribution in [3.05, 3.63) is 0 Å². The van der Waals surface area contributed by atoms with Crippen molar-refractivity contribution in [2.75, 3.05) is 26.2 Å². The summed E-state index contributed by atoms with van der Waals surface area (Å²) in [4.78, 5) is 2.49. The third-order valence-corrected chi connectivity index (χ3v) is 3.08. The van der Waals surface area contributed by atoms with Gasteiger partial charge in [-0.3, -0.25) is 0 Å². The van der Waals surface area contributed by atoms with Crippen LogP contribution in [-0.2, 0) is 0 Å². The molecular weight excluding hydrogens is 160 g/mol. The Kier molecular flexibility index (Phi) is 5.40. The van der Waals surface area contributed by atoms with E-state index in [1.807, 2.05) is 0 Å². The maximum Gasteiger partial charge on any atom is 0.00670 e. The van der Waals surface area contributed by atoms with E-state index in [9.17, 15) is 0 Å². The maximum absolute atomic E-state index is 3.60. The minimum atomic E-state index is 0.858. The van der Waals surface area contributed by atoms with Crippen LogP contribution >= 0.6 is 0 Å². The van der Waals surface area contributed by atoms with Crippen LogP contribution in [0.5, 0.6) is 0 Å². The van der Waals surface area contributed by atoms with Crippen LogP contribution in [0.25, 0.3) is 0 Å². The summed E-state index contributed by atoms with van der Waals surface area (Å²) in [6.07, 6.45) is 5.56. The second kappa shape index (κ2) is 6.39. The van der Waals surface area contributed by atoms with Crippen molar-refractivity contribution in [2.24, 2.45) is 0 Å². The van der Waals surface area contributed by atoms with Crippen molar-refractivity contribution >= 4 is 0 Å². The van der Waals surface area contributed by atoms with E-state index < -0.39 is 0 Å². The van der Waals surface area contributed by atoms with Crippen molar-refractivity contribution in [3.8, 4) is 0 Å². The quantitative estimate of drug-likeness (QED) is 0.608. The second-order valence-electron chi connectivity index (χ2n) is 3.96. The zero-order chi connectivity index (χ0) is 9.52. The predicted molar refractivity (Wildman–Crippen MR) is 58.0 cm³/mol. The van der Waals surface area contributed by atoms with E-state index in [-0.39, 0.29) is 0 Å². The molecule has 2 nitrogen and oxygen atoms in total. The van der Waals surface area contributed by atoms with E-state index in [0.29, 0.717) is 0 Å². The Bertz CT molecular complexity index is 117. The molecule has 1 rings (SSSR count). The molecule has 0 radical (unpaired) electrons. The number of nitrogens with zero attached hydrogens (tertiary/aromatic N) is 1. The van der Waals surface area contributed by atoms with Gasteiger partial charge in [0, 0.05) is 6.04 Å². The summed E-state index contributed by atoms with van der Waals surface area (Å²) in [7, 11) is 0. The maximum atomic E-state index is 3.60. The number of hydrogen-bond donors (Lipinski definition) is 1. The van der Waals surface area contributed by atoms with Crippen LogP contribution in [-0.4, -0.2) is 37.1 Å². The highest BCUT2D eigenvalue weighted by Gasteiger charge is 2.15. The van der Waals surface area contributed by atoms with Crippen LogP contribution in [0.4, 0.5) is 0 Å². The fourth-order valence-electron chi connectivity index (χ4n) is 1.76. The minimum Gasteiger partial charge on any atom is -0.314 e. The fraction of sp³-hybridized carbons (Fsp3) is 1.00. The van der Waals surface area contributed by atoms with Gasteiger partial charge in [-0.1, -0.05) is 20.3 Å². The largest absolute Gasteiger partial charge is 0.314 e. The second-order valence-corrected chi connectivity index (χ2v) is 3.96. The van der Waals surface area contributed by atoms with Gasteiger partial charge in [-0.25, -0.2) is 0 Å². The summed E-state index contributed by atoms with van der Waals surface area (Å²) in [5, 5.41) is 3.60. The Morgan fingerprint density at radius 2 is 1.92 bits per heavy atom. The van der Waals surface area contributed by atoms with E-state index >= 15 is 0 Å². The normalized spacial score (nSPS) is 17.8. The van der Waals surface area contributed by atoms with Crippen molar-refractivity contribution in [1.82, 2.24) is 10.2 Å². The summed E-state index contributed by atoms with van der Waals surface area (Å²) in [6.45, 7) is 9.33. The smallest absolute Gasteiger partial charge is 0.00670 e. The van der Waals surface area contributed by atoms with Crippen molar-refractivity contribution in [1.29, 1.82) is 0 Å². The summed E-state index contributed by atoms with van der Waals surface area (Å²) in [5.74, 6) is 0. The summed E-state index contributed by atoms with van der Waals surface area (Å²) in [6, 6.07) is 0.858. The van der Waals surface area contributed by atoms with Gasteiger partial charge in [-0.15, -0.1) is 0 Å². The molecule has 0 saturated heterocycles. The summed E-state index contributed by atoms with van der Waals surface area (Å²) < 4.78 is 0. The Labute approximate surface area is 82.7 Å². The van der Waals surface area contributed by atoms with Gasteiger partial charge in [-0.2, -0.15) is 0 Å². The molecule has 0 atom stereocenters. The molecule has 1 aliphatic rings. The van der Waals surface area contributed by atoms with Gasteiger partial charge in [0.1, 0.15) is 0 Å². The lowest BCUT2D eigenvalue weighted by atomic mass is 9.93. The van der Waals surface area contributed by atoms with Crippen molar-refractivity contribution in [3.63, 3.8) is 0 Å². The fourth-order valence-corrected chi connectivity index (χ4v) is 1.76. The Morgan fingerprint density at radius 1 is 1.23 bits per heavy atom. The molecule has 0 amide bonds. The van der Waals surface area contributed by atoms with E-state index in [2.05, 4.69) is 24.1 Å². The first-order valence-corrected chi connectivity index (χ1v) is 5.82. The molecule has 1 fully saturated rings. The summed E-state index contributed by atoms with van der Waals surface area (Å²) in [5.41, 5.74) is 0. The third kappa shape index (κ3) is 4.10. The lowest BCUT2D eigenvalue weighted by Crippen LogP contribution is -2.37. The first-order chi connectivity index (χ1) is 6.36. The van der Waals surface area contributed by atoms with Crippen LogP contribution in [0.1, 0.15) is 39.5 Å². The van der Waals surface area contributed by atoms with E-state index in [1.165, 1.54) is 51.9 Å². The molecule has 0 aromatic carbocycles. The van der Waals surface area contributed by atoms with E-state index in [0.717, 1.165) is 6.04 Å². The van der Waals surface area contributed by atoms with Crippen LogP contribution in [0.3, 0.4) is 0 Å². The molecule has 1 N–H and O–H groups in total. The van der Waals surface area contributed by atoms with Crippen LogP contribution in [0, 0.1) is 0 Å². The highest BCUT2D eigenvalue weighted by atomic mass is 15.1. The molecule has 1 aliphatic carbocycles. The average Bonchev–Trinajstić information content (AvgIpc) is 2.08.